The average Bonchev–Trinajstić information content (AvgIpc) is 2.91. The molecule has 0 saturated carbocycles. The van der Waals surface area contributed by atoms with Crippen molar-refractivity contribution in [2.75, 3.05) is 30.3 Å². The van der Waals surface area contributed by atoms with Crippen LogP contribution in [0.4, 0.5) is 36.3 Å². The van der Waals surface area contributed by atoms with Crippen molar-refractivity contribution in [3.63, 3.8) is 0 Å². The molecule has 6 nitrogen and oxygen atoms in total. The minimum absolute atomic E-state index is 0.0554. The van der Waals surface area contributed by atoms with Gasteiger partial charge in [0.15, 0.2) is 5.82 Å². The van der Waals surface area contributed by atoms with E-state index in [9.17, 15) is 13.2 Å². The Morgan fingerprint density at radius 1 is 1.07 bits per heavy atom. The van der Waals surface area contributed by atoms with Crippen LogP contribution >= 0.6 is 23.4 Å². The molecular weight excluding hydrogens is 583 g/mol. The summed E-state index contributed by atoms with van der Waals surface area (Å²) in [7, 11) is 0. The van der Waals surface area contributed by atoms with Crippen molar-refractivity contribution >= 4 is 46.5 Å². The highest BCUT2D eigenvalue weighted by Gasteiger charge is 2.30. The number of aryl methyl sites for hydroxylation is 1. The lowest BCUT2D eigenvalue weighted by Crippen LogP contribution is -2.35. The fourth-order valence-corrected chi connectivity index (χ4v) is 6.08. The van der Waals surface area contributed by atoms with Gasteiger partial charge in [0, 0.05) is 16.7 Å². The van der Waals surface area contributed by atoms with E-state index < -0.39 is 12.6 Å². The second kappa shape index (κ2) is 14.2. The molecule has 2 aromatic carbocycles. The van der Waals surface area contributed by atoms with E-state index >= 15 is 0 Å². The average molecular weight is 622 g/mol. The third kappa shape index (κ3) is 9.15. The van der Waals surface area contributed by atoms with E-state index in [1.807, 2.05) is 43.0 Å². The topological polar surface area (TPSA) is 62.3 Å². The van der Waals surface area contributed by atoms with E-state index in [1.54, 1.807) is 18.0 Å². The summed E-state index contributed by atoms with van der Waals surface area (Å²) in [5.74, 6) is 1.79. The van der Waals surface area contributed by atoms with Crippen molar-refractivity contribution in [3.05, 3.63) is 58.7 Å². The number of anilines is 4. The minimum atomic E-state index is -4.12. The van der Waals surface area contributed by atoms with E-state index in [0.29, 0.717) is 40.9 Å². The van der Waals surface area contributed by atoms with Crippen molar-refractivity contribution in [1.82, 2.24) is 14.9 Å². The fraction of sp³-hybridized carbons (Fsp3) is 0.484. The van der Waals surface area contributed by atoms with Crippen LogP contribution in [0.3, 0.4) is 0 Å². The van der Waals surface area contributed by atoms with Crippen LogP contribution in [0, 0.1) is 6.92 Å². The molecule has 11 heteroatoms. The Kier molecular flexibility index (Phi) is 10.9. The number of para-hydroxylation sites is 1. The number of hydrogen-bond donors (Lipinski definition) is 2. The van der Waals surface area contributed by atoms with E-state index in [4.69, 9.17) is 16.3 Å². The molecule has 2 N–H and O–H groups in total. The summed E-state index contributed by atoms with van der Waals surface area (Å²) in [4.78, 5) is 12.1. The summed E-state index contributed by atoms with van der Waals surface area (Å²) in [5, 5.41) is 7.50. The Hall–Kier alpha value is -2.69. The summed E-state index contributed by atoms with van der Waals surface area (Å²) < 4.78 is 44.2. The van der Waals surface area contributed by atoms with Gasteiger partial charge in [-0.2, -0.15) is 18.2 Å². The van der Waals surface area contributed by atoms with Gasteiger partial charge in [-0.3, -0.25) is 0 Å². The van der Waals surface area contributed by atoms with Gasteiger partial charge < -0.3 is 20.3 Å². The first-order chi connectivity index (χ1) is 19.9. The number of ether oxygens (including phenoxy) is 1. The number of likely N-dealkylation sites (tertiary alicyclic amines) is 1. The molecule has 3 aromatic rings. The van der Waals surface area contributed by atoms with Gasteiger partial charge in [0.05, 0.1) is 30.1 Å². The largest absolute Gasteiger partial charge is 0.489 e. The molecule has 1 saturated heterocycles. The van der Waals surface area contributed by atoms with Crippen molar-refractivity contribution in [1.29, 1.82) is 0 Å². The van der Waals surface area contributed by atoms with Crippen molar-refractivity contribution in [2.24, 2.45) is 0 Å². The molecule has 1 aliphatic heterocycles. The fourth-order valence-electron chi connectivity index (χ4n) is 5.03. The Morgan fingerprint density at radius 3 is 2.45 bits per heavy atom. The maximum Gasteiger partial charge on any atom is 0.390 e. The summed E-state index contributed by atoms with van der Waals surface area (Å²) >= 11 is 8.24. The van der Waals surface area contributed by atoms with Gasteiger partial charge >= 0.3 is 6.18 Å². The molecule has 0 aliphatic carbocycles. The normalized spacial score (nSPS) is 14.9. The SMILES string of the molecule is Cc1cc(Nc2ncc(Cl)c(Nc3ccccc3SC(C)C)n2)c(OC(C)C)cc1C1CCN(CCC(F)(F)F)CC1. The lowest BCUT2D eigenvalue weighted by molar-refractivity contribution is -0.138. The second-order valence-electron chi connectivity index (χ2n) is 11.2. The zero-order valence-electron chi connectivity index (χ0n) is 24.7. The highest BCUT2D eigenvalue weighted by Crippen LogP contribution is 2.39. The van der Waals surface area contributed by atoms with Crippen LogP contribution in [0.25, 0.3) is 0 Å². The zero-order valence-corrected chi connectivity index (χ0v) is 26.3. The number of thioether (sulfide) groups is 1. The minimum Gasteiger partial charge on any atom is -0.489 e. The maximum absolute atomic E-state index is 12.7. The number of aromatic nitrogens is 2. The molecular formula is C31H39ClF3N5OS. The molecule has 0 radical (unpaired) electrons. The van der Waals surface area contributed by atoms with Gasteiger partial charge in [0.1, 0.15) is 10.8 Å². The third-order valence-corrected chi connectivity index (χ3v) is 8.32. The Labute approximate surface area is 255 Å². The molecule has 4 rings (SSSR count). The Bertz CT molecular complexity index is 1350. The highest BCUT2D eigenvalue weighted by molar-refractivity contribution is 8.00. The number of alkyl halides is 3. The number of benzene rings is 2. The van der Waals surface area contributed by atoms with E-state index in [2.05, 4.69) is 53.5 Å². The molecule has 228 valence electrons. The Balaban J connectivity index is 1.53. The first-order valence-electron chi connectivity index (χ1n) is 14.3. The molecule has 42 heavy (non-hydrogen) atoms. The van der Waals surface area contributed by atoms with Crippen LogP contribution in [0.5, 0.6) is 5.75 Å². The van der Waals surface area contributed by atoms with Crippen LogP contribution in [0.15, 0.2) is 47.5 Å². The predicted molar refractivity (Wildman–Crippen MR) is 167 cm³/mol. The molecule has 1 aliphatic rings. The molecule has 2 heterocycles. The standard InChI is InChI=1S/C31H39ClF3N5OS/c1-19(2)41-27-17-23(22-10-13-40(14-11-22)15-12-31(33,34)35)21(5)16-26(27)38-30-36-18-24(32)29(39-30)37-25-8-6-7-9-28(25)42-20(3)4/h6-9,16-20,22H,10-15H2,1-5H3,(H2,36,37,38,39). The van der Waals surface area contributed by atoms with Crippen LogP contribution < -0.4 is 15.4 Å². The summed E-state index contributed by atoms with van der Waals surface area (Å²) in [6, 6.07) is 12.1. The highest BCUT2D eigenvalue weighted by atomic mass is 35.5. The number of piperidine rings is 1. The number of halogens is 4. The molecule has 0 unspecified atom stereocenters. The van der Waals surface area contributed by atoms with Gasteiger partial charge in [-0.05, 0) is 88.0 Å². The van der Waals surface area contributed by atoms with E-state index in [1.165, 1.54) is 0 Å². The van der Waals surface area contributed by atoms with Gasteiger partial charge in [0.2, 0.25) is 5.95 Å². The zero-order chi connectivity index (χ0) is 30.4. The molecule has 1 aromatic heterocycles. The molecule has 1 fully saturated rings. The monoisotopic (exact) mass is 621 g/mol. The van der Waals surface area contributed by atoms with E-state index in [-0.39, 0.29) is 18.6 Å². The second-order valence-corrected chi connectivity index (χ2v) is 13.2. The predicted octanol–water partition coefficient (Wildman–Crippen LogP) is 9.35. The number of nitrogens with one attached hydrogen (secondary N) is 2. The first-order valence-corrected chi connectivity index (χ1v) is 15.6. The smallest absolute Gasteiger partial charge is 0.390 e. The molecule has 0 spiro atoms. The number of nitrogens with zero attached hydrogens (tertiary/aromatic N) is 3. The van der Waals surface area contributed by atoms with Crippen molar-refractivity contribution in [3.8, 4) is 5.75 Å². The van der Waals surface area contributed by atoms with Crippen LogP contribution in [0.1, 0.15) is 64.0 Å². The summed E-state index contributed by atoms with van der Waals surface area (Å²) in [6.45, 7) is 11.6. The summed E-state index contributed by atoms with van der Waals surface area (Å²) in [6.07, 6.45) is -1.78. The molecule has 0 bridgehead atoms. The summed E-state index contributed by atoms with van der Waals surface area (Å²) in [5.41, 5.74) is 3.88. The van der Waals surface area contributed by atoms with Gasteiger partial charge in [-0.15, -0.1) is 11.8 Å². The van der Waals surface area contributed by atoms with Crippen LogP contribution in [-0.4, -0.2) is 52.0 Å². The maximum atomic E-state index is 12.7. The lowest BCUT2D eigenvalue weighted by Gasteiger charge is -2.33. The van der Waals surface area contributed by atoms with Gasteiger partial charge in [-0.1, -0.05) is 37.6 Å². The lowest BCUT2D eigenvalue weighted by atomic mass is 9.86. The first kappa shape index (κ1) is 32.2. The quantitative estimate of drug-likeness (QED) is 0.207. The van der Waals surface area contributed by atoms with E-state index in [0.717, 1.165) is 40.2 Å². The molecule has 0 amide bonds. The van der Waals surface area contributed by atoms with Crippen LogP contribution in [-0.2, 0) is 0 Å². The molecule has 0 atom stereocenters. The van der Waals surface area contributed by atoms with Gasteiger partial charge in [0.25, 0.3) is 0 Å². The number of hydrogen-bond acceptors (Lipinski definition) is 7. The van der Waals surface area contributed by atoms with Crippen LogP contribution in [0.2, 0.25) is 5.02 Å². The van der Waals surface area contributed by atoms with Gasteiger partial charge in [-0.25, -0.2) is 4.98 Å². The third-order valence-electron chi connectivity index (χ3n) is 6.96. The van der Waals surface area contributed by atoms with Crippen molar-refractivity contribution < 1.29 is 17.9 Å². The number of rotatable bonds is 11. The Morgan fingerprint density at radius 2 is 1.79 bits per heavy atom. The van der Waals surface area contributed by atoms with Crippen molar-refractivity contribution in [2.45, 2.75) is 82.2 Å².